The molecule has 0 unspecified atom stereocenters. The van der Waals surface area contributed by atoms with Crippen LogP contribution in [0.15, 0.2) is 24.3 Å². The highest BCUT2D eigenvalue weighted by molar-refractivity contribution is 7.88. The highest BCUT2D eigenvalue weighted by Gasteiger charge is 2.23. The summed E-state index contributed by atoms with van der Waals surface area (Å²) in [4.78, 5) is 14.3. The lowest BCUT2D eigenvalue weighted by Gasteiger charge is -2.29. The van der Waals surface area contributed by atoms with Crippen molar-refractivity contribution in [2.75, 3.05) is 25.9 Å². The van der Waals surface area contributed by atoms with E-state index in [4.69, 9.17) is 0 Å². The van der Waals surface area contributed by atoms with Gasteiger partial charge in [-0.25, -0.2) is 12.7 Å². The van der Waals surface area contributed by atoms with Gasteiger partial charge in [-0.2, -0.15) is 0 Å². The zero-order chi connectivity index (χ0) is 17.7. The van der Waals surface area contributed by atoms with E-state index in [1.807, 2.05) is 17.0 Å². The van der Waals surface area contributed by atoms with E-state index in [1.165, 1.54) is 21.7 Å². The number of hydrogen-bond donors (Lipinski definition) is 0. The molecule has 6 heteroatoms. The Labute approximate surface area is 145 Å². The molecule has 0 saturated carbocycles. The van der Waals surface area contributed by atoms with Crippen LogP contribution in [0.5, 0.6) is 0 Å². The zero-order valence-electron chi connectivity index (χ0n) is 14.9. The summed E-state index contributed by atoms with van der Waals surface area (Å²) in [5.74, 6) is 0.464. The Hall–Kier alpha value is -1.40. The summed E-state index contributed by atoms with van der Waals surface area (Å²) < 4.78 is 25.2. The molecule has 0 bridgehead atoms. The molecule has 1 aliphatic heterocycles. The summed E-state index contributed by atoms with van der Waals surface area (Å²) in [6, 6.07) is 8.17. The SMILES string of the molecule is CC(C)CCN(CCC(=O)N1CCc2ccccc2C1)S(C)(=O)=O. The number of nitrogens with zero attached hydrogens (tertiary/aromatic N) is 2. The summed E-state index contributed by atoms with van der Waals surface area (Å²) in [7, 11) is -3.27. The van der Waals surface area contributed by atoms with Crippen molar-refractivity contribution >= 4 is 15.9 Å². The number of fused-ring (bicyclic) bond motifs is 1. The molecule has 1 heterocycles. The lowest BCUT2D eigenvalue weighted by molar-refractivity contribution is -0.132. The zero-order valence-corrected chi connectivity index (χ0v) is 15.7. The van der Waals surface area contributed by atoms with Gasteiger partial charge in [0.1, 0.15) is 0 Å². The van der Waals surface area contributed by atoms with E-state index < -0.39 is 10.0 Å². The van der Waals surface area contributed by atoms with Crippen molar-refractivity contribution in [1.29, 1.82) is 0 Å². The number of benzene rings is 1. The van der Waals surface area contributed by atoms with Gasteiger partial charge < -0.3 is 4.90 Å². The molecule has 1 aliphatic rings. The van der Waals surface area contributed by atoms with E-state index in [0.29, 0.717) is 25.6 Å². The van der Waals surface area contributed by atoms with Gasteiger partial charge in [-0.05, 0) is 29.9 Å². The normalized spacial score (nSPS) is 15.0. The molecule has 1 aromatic carbocycles. The summed E-state index contributed by atoms with van der Waals surface area (Å²) in [5.41, 5.74) is 2.49. The van der Waals surface area contributed by atoms with Crippen LogP contribution in [0.1, 0.15) is 37.8 Å². The monoisotopic (exact) mass is 352 g/mol. The predicted molar refractivity (Wildman–Crippen MR) is 96.1 cm³/mol. The van der Waals surface area contributed by atoms with Gasteiger partial charge in [0.25, 0.3) is 0 Å². The van der Waals surface area contributed by atoms with E-state index in [-0.39, 0.29) is 18.9 Å². The third-order valence-electron chi connectivity index (χ3n) is 4.48. The van der Waals surface area contributed by atoms with Crippen molar-refractivity contribution in [3.05, 3.63) is 35.4 Å². The Balaban J connectivity index is 1.92. The Morgan fingerprint density at radius 3 is 2.50 bits per heavy atom. The van der Waals surface area contributed by atoms with Crippen LogP contribution in [-0.4, -0.2) is 49.4 Å². The molecule has 0 fully saturated rings. The first kappa shape index (κ1) is 18.9. The number of carbonyl (C=O) groups excluding carboxylic acids is 1. The number of carbonyl (C=O) groups is 1. The van der Waals surface area contributed by atoms with Gasteiger partial charge in [0.05, 0.1) is 6.26 Å². The van der Waals surface area contributed by atoms with Crippen LogP contribution < -0.4 is 0 Å². The summed E-state index contributed by atoms with van der Waals surface area (Å²) >= 11 is 0. The highest BCUT2D eigenvalue weighted by Crippen LogP contribution is 2.19. The smallest absolute Gasteiger partial charge is 0.224 e. The fraction of sp³-hybridized carbons (Fsp3) is 0.611. The van der Waals surface area contributed by atoms with Gasteiger partial charge in [-0.1, -0.05) is 38.1 Å². The van der Waals surface area contributed by atoms with Crippen LogP contribution in [0.3, 0.4) is 0 Å². The average molecular weight is 353 g/mol. The van der Waals surface area contributed by atoms with Gasteiger partial charge in [0.2, 0.25) is 15.9 Å². The van der Waals surface area contributed by atoms with E-state index in [0.717, 1.165) is 12.8 Å². The minimum atomic E-state index is -3.27. The lowest BCUT2D eigenvalue weighted by Crippen LogP contribution is -2.39. The first-order valence-corrected chi connectivity index (χ1v) is 10.4. The number of sulfonamides is 1. The van der Waals surface area contributed by atoms with E-state index in [2.05, 4.69) is 26.0 Å². The van der Waals surface area contributed by atoms with Crippen molar-refractivity contribution in [1.82, 2.24) is 9.21 Å². The molecule has 24 heavy (non-hydrogen) atoms. The van der Waals surface area contributed by atoms with Crippen LogP contribution in [0.2, 0.25) is 0 Å². The Morgan fingerprint density at radius 2 is 1.88 bits per heavy atom. The minimum Gasteiger partial charge on any atom is -0.338 e. The number of hydrogen-bond acceptors (Lipinski definition) is 3. The van der Waals surface area contributed by atoms with E-state index in [9.17, 15) is 13.2 Å². The molecule has 0 radical (unpaired) electrons. The van der Waals surface area contributed by atoms with Crippen LogP contribution in [0.4, 0.5) is 0 Å². The first-order chi connectivity index (χ1) is 11.3. The largest absolute Gasteiger partial charge is 0.338 e. The first-order valence-electron chi connectivity index (χ1n) is 8.57. The van der Waals surface area contributed by atoms with Gasteiger partial charge in [-0.15, -0.1) is 0 Å². The summed E-state index contributed by atoms with van der Waals surface area (Å²) in [6.07, 6.45) is 3.13. The second kappa shape index (κ2) is 8.12. The molecule has 0 saturated heterocycles. The number of amides is 1. The second-order valence-corrected chi connectivity index (χ2v) is 8.91. The molecule has 2 rings (SSSR count). The Bertz CT molecular complexity index is 671. The topological polar surface area (TPSA) is 57.7 Å². The van der Waals surface area contributed by atoms with Crippen LogP contribution in [0.25, 0.3) is 0 Å². The minimum absolute atomic E-state index is 0.0303. The fourth-order valence-electron chi connectivity index (χ4n) is 2.93. The van der Waals surface area contributed by atoms with Crippen molar-refractivity contribution < 1.29 is 13.2 Å². The number of rotatable bonds is 7. The summed E-state index contributed by atoms with van der Waals surface area (Å²) in [6.45, 7) is 6.21. The van der Waals surface area contributed by atoms with Crippen LogP contribution >= 0.6 is 0 Å². The molecular weight excluding hydrogens is 324 g/mol. The standard InChI is InChI=1S/C18H28N2O3S/c1-15(2)8-12-20(24(3,22)23)13-10-18(21)19-11-9-16-6-4-5-7-17(16)14-19/h4-7,15H,8-14H2,1-3H3. The molecule has 0 spiro atoms. The van der Waals surface area contributed by atoms with Crippen molar-refractivity contribution in [3.63, 3.8) is 0 Å². The van der Waals surface area contributed by atoms with E-state index >= 15 is 0 Å². The van der Waals surface area contributed by atoms with E-state index in [1.54, 1.807) is 0 Å². The van der Waals surface area contributed by atoms with Gasteiger partial charge in [0, 0.05) is 32.6 Å². The second-order valence-electron chi connectivity index (χ2n) is 6.93. The van der Waals surface area contributed by atoms with Gasteiger partial charge in [-0.3, -0.25) is 4.79 Å². The Kier molecular flexibility index (Phi) is 6.40. The average Bonchev–Trinajstić information content (AvgIpc) is 2.52. The van der Waals surface area contributed by atoms with Crippen molar-refractivity contribution in [2.24, 2.45) is 5.92 Å². The quantitative estimate of drug-likeness (QED) is 0.756. The third-order valence-corrected chi connectivity index (χ3v) is 5.79. The van der Waals surface area contributed by atoms with Crippen LogP contribution in [-0.2, 0) is 27.8 Å². The molecule has 0 aromatic heterocycles. The highest BCUT2D eigenvalue weighted by atomic mass is 32.2. The Morgan fingerprint density at radius 1 is 1.21 bits per heavy atom. The van der Waals surface area contributed by atoms with Crippen LogP contribution in [0, 0.1) is 5.92 Å². The maximum absolute atomic E-state index is 12.5. The maximum Gasteiger partial charge on any atom is 0.224 e. The molecule has 5 nitrogen and oxygen atoms in total. The summed E-state index contributed by atoms with van der Waals surface area (Å²) in [5, 5.41) is 0. The molecule has 0 atom stereocenters. The molecule has 0 N–H and O–H groups in total. The molecule has 1 aromatic rings. The predicted octanol–water partition coefficient (Wildman–Crippen LogP) is 2.27. The van der Waals surface area contributed by atoms with Crippen molar-refractivity contribution in [3.8, 4) is 0 Å². The molecule has 0 aliphatic carbocycles. The van der Waals surface area contributed by atoms with Crippen molar-refractivity contribution in [2.45, 2.75) is 39.7 Å². The molecule has 1 amide bonds. The maximum atomic E-state index is 12.5. The molecule has 134 valence electrons. The third kappa shape index (κ3) is 5.31. The van der Waals surface area contributed by atoms with Gasteiger partial charge in [0.15, 0.2) is 0 Å². The van der Waals surface area contributed by atoms with Gasteiger partial charge >= 0.3 is 0 Å². The lowest BCUT2D eigenvalue weighted by atomic mass is 10.00. The fourth-order valence-corrected chi connectivity index (χ4v) is 3.79. The molecular formula is C18H28N2O3S.